The summed E-state index contributed by atoms with van der Waals surface area (Å²) in [5, 5.41) is 15.2. The maximum absolute atomic E-state index is 6.31. The van der Waals surface area contributed by atoms with Crippen LogP contribution >= 0.6 is 11.6 Å². The summed E-state index contributed by atoms with van der Waals surface area (Å²) in [6.07, 6.45) is 0. The van der Waals surface area contributed by atoms with Gasteiger partial charge in [-0.15, -0.1) is 10.2 Å². The molecule has 0 radical (unpaired) electrons. The van der Waals surface area contributed by atoms with Crippen LogP contribution in [0, 0.1) is 0 Å². The van der Waals surface area contributed by atoms with Gasteiger partial charge in [-0.1, -0.05) is 48.0 Å². The number of rotatable bonds is 2. The van der Waals surface area contributed by atoms with Crippen LogP contribution in [0.3, 0.4) is 0 Å². The molecule has 0 bridgehead atoms. The zero-order valence-electron chi connectivity index (χ0n) is 11.7. The van der Waals surface area contributed by atoms with Gasteiger partial charge in [-0.3, -0.25) is 0 Å². The molecule has 4 aromatic rings. The van der Waals surface area contributed by atoms with Gasteiger partial charge >= 0.3 is 0 Å². The molecule has 0 atom stereocenters. The first-order chi connectivity index (χ1) is 10.8. The van der Waals surface area contributed by atoms with Crippen LogP contribution in [0.15, 0.2) is 48.5 Å². The smallest absolute Gasteiger partial charge is 0.189 e. The van der Waals surface area contributed by atoms with E-state index in [4.69, 9.17) is 16.3 Å². The summed E-state index contributed by atoms with van der Waals surface area (Å²) in [7, 11) is 1.62. The number of aromatic nitrogens is 4. The monoisotopic (exact) mass is 310 g/mol. The van der Waals surface area contributed by atoms with E-state index in [-0.39, 0.29) is 0 Å². The lowest BCUT2D eigenvalue weighted by Gasteiger charge is -2.07. The van der Waals surface area contributed by atoms with Crippen molar-refractivity contribution >= 4 is 28.0 Å². The van der Waals surface area contributed by atoms with E-state index in [1.54, 1.807) is 11.6 Å². The van der Waals surface area contributed by atoms with Gasteiger partial charge in [0.1, 0.15) is 5.75 Å². The minimum Gasteiger partial charge on any atom is -0.496 e. The van der Waals surface area contributed by atoms with E-state index in [1.807, 2.05) is 48.5 Å². The summed E-state index contributed by atoms with van der Waals surface area (Å²) in [5.41, 5.74) is 1.48. The lowest BCUT2D eigenvalue weighted by Crippen LogP contribution is -1.98. The molecule has 2 aromatic carbocycles. The standard InChI is InChI=1S/C16H11ClN4O/c1-22-13-9-5-4-8-12(13)16-19-18-15-11-7-3-2-6-10(11)14(17)20-21(15)16/h2-9H,1H3. The number of fused-ring (bicyclic) bond motifs is 3. The average molecular weight is 311 g/mol. The summed E-state index contributed by atoms with van der Waals surface area (Å²) in [5.74, 6) is 1.31. The lowest BCUT2D eigenvalue weighted by atomic mass is 10.2. The zero-order chi connectivity index (χ0) is 15.1. The normalized spacial score (nSPS) is 11.2. The molecule has 0 saturated heterocycles. The van der Waals surface area contributed by atoms with Crippen LogP contribution in [-0.2, 0) is 0 Å². The third kappa shape index (κ3) is 1.83. The Morgan fingerprint density at radius 2 is 1.68 bits per heavy atom. The van der Waals surface area contributed by atoms with Crippen LogP contribution in [0.1, 0.15) is 0 Å². The summed E-state index contributed by atoms with van der Waals surface area (Å²) in [4.78, 5) is 0. The van der Waals surface area contributed by atoms with Crippen molar-refractivity contribution in [1.29, 1.82) is 0 Å². The molecule has 0 amide bonds. The van der Waals surface area contributed by atoms with Crippen molar-refractivity contribution in [3.05, 3.63) is 53.7 Å². The third-order valence-corrected chi connectivity index (χ3v) is 3.85. The van der Waals surface area contributed by atoms with Crippen LogP contribution in [0.25, 0.3) is 27.8 Å². The van der Waals surface area contributed by atoms with Crippen molar-refractivity contribution in [2.45, 2.75) is 0 Å². The molecule has 4 rings (SSSR count). The second-order valence-electron chi connectivity index (χ2n) is 4.80. The number of para-hydroxylation sites is 1. The highest BCUT2D eigenvalue weighted by Crippen LogP contribution is 2.31. The minimum atomic E-state index is 0.416. The molecule has 5 nitrogen and oxygen atoms in total. The molecule has 2 aromatic heterocycles. The Bertz CT molecular complexity index is 996. The second-order valence-corrected chi connectivity index (χ2v) is 5.15. The predicted molar refractivity (Wildman–Crippen MR) is 85.3 cm³/mol. The molecule has 6 heteroatoms. The van der Waals surface area contributed by atoms with E-state index < -0.39 is 0 Å². The van der Waals surface area contributed by atoms with E-state index in [1.165, 1.54) is 0 Å². The third-order valence-electron chi connectivity index (χ3n) is 3.57. The van der Waals surface area contributed by atoms with Gasteiger partial charge in [0.05, 0.1) is 12.7 Å². The first-order valence-electron chi connectivity index (χ1n) is 6.72. The highest BCUT2D eigenvalue weighted by Gasteiger charge is 2.16. The van der Waals surface area contributed by atoms with Crippen LogP contribution in [-0.4, -0.2) is 26.9 Å². The first-order valence-corrected chi connectivity index (χ1v) is 7.10. The van der Waals surface area contributed by atoms with E-state index in [9.17, 15) is 0 Å². The largest absolute Gasteiger partial charge is 0.496 e. The van der Waals surface area contributed by atoms with Crippen molar-refractivity contribution in [1.82, 2.24) is 19.8 Å². The quantitative estimate of drug-likeness (QED) is 0.567. The molecule has 0 spiro atoms. The fraction of sp³-hybridized carbons (Fsp3) is 0.0625. The second kappa shape index (κ2) is 4.96. The lowest BCUT2D eigenvalue weighted by molar-refractivity contribution is 0.416. The Hall–Kier alpha value is -2.66. The van der Waals surface area contributed by atoms with Crippen molar-refractivity contribution in [3.63, 3.8) is 0 Å². The maximum Gasteiger partial charge on any atom is 0.189 e. The van der Waals surface area contributed by atoms with Crippen LogP contribution in [0.4, 0.5) is 0 Å². The predicted octanol–water partition coefficient (Wildman–Crippen LogP) is 3.61. The number of hydrogen-bond acceptors (Lipinski definition) is 4. The van der Waals surface area contributed by atoms with E-state index >= 15 is 0 Å². The number of methoxy groups -OCH3 is 1. The van der Waals surface area contributed by atoms with Crippen LogP contribution in [0.5, 0.6) is 5.75 Å². The molecule has 0 N–H and O–H groups in total. The van der Waals surface area contributed by atoms with Gasteiger partial charge < -0.3 is 4.74 Å². The Morgan fingerprint density at radius 1 is 0.955 bits per heavy atom. The molecule has 0 aliphatic heterocycles. The summed E-state index contributed by atoms with van der Waals surface area (Å²) < 4.78 is 7.05. The fourth-order valence-electron chi connectivity index (χ4n) is 2.54. The highest BCUT2D eigenvalue weighted by molar-refractivity contribution is 6.34. The van der Waals surface area contributed by atoms with Crippen molar-refractivity contribution in [2.24, 2.45) is 0 Å². The Labute approximate surface area is 131 Å². The number of ether oxygens (including phenoxy) is 1. The van der Waals surface area contributed by atoms with Gasteiger partial charge in [-0.05, 0) is 12.1 Å². The maximum atomic E-state index is 6.31. The van der Waals surface area contributed by atoms with Crippen molar-refractivity contribution < 1.29 is 4.74 Å². The Morgan fingerprint density at radius 3 is 2.50 bits per heavy atom. The van der Waals surface area contributed by atoms with Gasteiger partial charge in [0.25, 0.3) is 0 Å². The number of halogens is 1. The topological polar surface area (TPSA) is 52.3 Å². The van der Waals surface area contributed by atoms with Gasteiger partial charge in [-0.2, -0.15) is 9.61 Å². The number of benzene rings is 2. The highest BCUT2D eigenvalue weighted by atomic mass is 35.5. The van der Waals surface area contributed by atoms with E-state index in [2.05, 4.69) is 15.3 Å². The summed E-state index contributed by atoms with van der Waals surface area (Å²) in [6.45, 7) is 0. The molecule has 2 heterocycles. The van der Waals surface area contributed by atoms with Crippen LogP contribution in [0.2, 0.25) is 5.15 Å². The molecule has 0 saturated carbocycles. The molecular weight excluding hydrogens is 300 g/mol. The van der Waals surface area contributed by atoms with Gasteiger partial charge in [-0.25, -0.2) is 0 Å². The fourth-order valence-corrected chi connectivity index (χ4v) is 2.78. The van der Waals surface area contributed by atoms with Gasteiger partial charge in [0, 0.05) is 10.8 Å². The van der Waals surface area contributed by atoms with Gasteiger partial charge in [0.2, 0.25) is 0 Å². The molecule has 0 unspecified atom stereocenters. The van der Waals surface area contributed by atoms with E-state index in [0.717, 1.165) is 16.3 Å². The Kier molecular flexibility index (Phi) is 2.94. The zero-order valence-corrected chi connectivity index (χ0v) is 12.4. The average Bonchev–Trinajstić information content (AvgIpc) is 2.99. The molecular formula is C16H11ClN4O. The minimum absolute atomic E-state index is 0.416. The number of nitrogens with zero attached hydrogens (tertiary/aromatic N) is 4. The van der Waals surface area contributed by atoms with Crippen LogP contribution < -0.4 is 4.74 Å². The molecule has 22 heavy (non-hydrogen) atoms. The number of hydrogen-bond donors (Lipinski definition) is 0. The van der Waals surface area contributed by atoms with Crippen molar-refractivity contribution in [2.75, 3.05) is 7.11 Å². The van der Waals surface area contributed by atoms with Gasteiger partial charge in [0.15, 0.2) is 16.6 Å². The SMILES string of the molecule is COc1ccccc1-c1nnc2c3ccccc3c(Cl)nn12. The Balaban J connectivity index is 2.09. The first kappa shape index (κ1) is 13.0. The summed E-state index contributed by atoms with van der Waals surface area (Å²) in [6, 6.07) is 15.4. The molecule has 0 aliphatic carbocycles. The van der Waals surface area contributed by atoms with E-state index in [0.29, 0.717) is 22.4 Å². The van der Waals surface area contributed by atoms with Crippen molar-refractivity contribution in [3.8, 4) is 17.1 Å². The molecule has 108 valence electrons. The molecule has 0 fully saturated rings. The molecule has 0 aliphatic rings. The summed E-state index contributed by atoms with van der Waals surface area (Å²) >= 11 is 6.31.